The largest absolute Gasteiger partial charge is 0.508 e. The maximum absolute atomic E-state index is 13.2. The van der Waals surface area contributed by atoms with Crippen LogP contribution in [0.1, 0.15) is 45.6 Å². The van der Waals surface area contributed by atoms with Crippen molar-refractivity contribution >= 4 is 35.5 Å². The fraction of sp³-hybridized carbons (Fsp3) is 0.520. The number of hydrogen-bond donors (Lipinski definition) is 9. The Labute approximate surface area is 231 Å². The molecule has 0 aliphatic carbocycles. The summed E-state index contributed by atoms with van der Waals surface area (Å²) in [5.41, 5.74) is 11.4. The minimum Gasteiger partial charge on any atom is -0.508 e. The number of amides is 5. The molecule has 5 amide bonds. The van der Waals surface area contributed by atoms with E-state index in [-0.39, 0.29) is 18.6 Å². The summed E-state index contributed by atoms with van der Waals surface area (Å²) in [7, 11) is 0. The third-order valence-corrected chi connectivity index (χ3v) is 5.91. The normalized spacial score (nSPS) is 15.3. The number of hydrogen-bond acceptors (Lipinski definition) is 9. The summed E-state index contributed by atoms with van der Waals surface area (Å²) >= 11 is 0. The molecule has 6 atom stereocenters. The molecule has 6 unspecified atom stereocenters. The van der Waals surface area contributed by atoms with Crippen molar-refractivity contribution in [3.05, 3.63) is 29.8 Å². The number of benzene rings is 1. The predicted molar refractivity (Wildman–Crippen MR) is 141 cm³/mol. The number of nitrogens with two attached hydrogens (primary N) is 2. The van der Waals surface area contributed by atoms with Crippen molar-refractivity contribution in [2.45, 2.75) is 82.8 Å². The van der Waals surface area contributed by atoms with Gasteiger partial charge in [0.05, 0.1) is 18.6 Å². The number of aliphatic carboxylic acids is 1. The van der Waals surface area contributed by atoms with E-state index in [1.54, 1.807) is 13.8 Å². The molecule has 0 radical (unpaired) electrons. The first-order chi connectivity index (χ1) is 18.7. The summed E-state index contributed by atoms with van der Waals surface area (Å²) in [6.45, 7) is 4.44. The fourth-order valence-corrected chi connectivity index (χ4v) is 3.49. The molecule has 0 aliphatic heterocycles. The van der Waals surface area contributed by atoms with E-state index in [0.717, 1.165) is 6.92 Å². The zero-order chi connectivity index (χ0) is 30.6. The molecule has 0 spiro atoms. The third kappa shape index (κ3) is 10.9. The van der Waals surface area contributed by atoms with Gasteiger partial charge in [0.1, 0.15) is 23.9 Å². The Bertz CT molecular complexity index is 1060. The highest BCUT2D eigenvalue weighted by Crippen LogP contribution is 2.12. The predicted octanol–water partition coefficient (Wildman–Crippen LogP) is -2.64. The lowest BCUT2D eigenvalue weighted by atomic mass is 10.0. The van der Waals surface area contributed by atoms with Crippen LogP contribution in [0.25, 0.3) is 0 Å². The number of aliphatic hydroxyl groups is 1. The first kappa shape index (κ1) is 33.8. The number of carbonyl (C=O) groups is 6. The van der Waals surface area contributed by atoms with Crippen LogP contribution in [0.2, 0.25) is 0 Å². The second-order valence-electron chi connectivity index (χ2n) is 9.21. The topological polar surface area (TPSA) is 263 Å². The van der Waals surface area contributed by atoms with Crippen molar-refractivity contribution in [2.24, 2.45) is 11.5 Å². The molecule has 0 saturated heterocycles. The van der Waals surface area contributed by atoms with Crippen molar-refractivity contribution in [3.8, 4) is 5.75 Å². The first-order valence-corrected chi connectivity index (χ1v) is 12.6. The second-order valence-corrected chi connectivity index (χ2v) is 9.21. The molecule has 1 aromatic carbocycles. The van der Waals surface area contributed by atoms with E-state index in [1.807, 2.05) is 0 Å². The summed E-state index contributed by atoms with van der Waals surface area (Å²) in [5, 5.41) is 37.9. The number of carbonyl (C=O) groups excluding carboxylic acids is 5. The third-order valence-electron chi connectivity index (χ3n) is 5.91. The maximum Gasteiger partial charge on any atom is 0.328 e. The molecule has 15 nitrogen and oxygen atoms in total. The van der Waals surface area contributed by atoms with Gasteiger partial charge in [-0.05, 0) is 37.5 Å². The van der Waals surface area contributed by atoms with E-state index in [4.69, 9.17) is 11.5 Å². The van der Waals surface area contributed by atoms with Crippen LogP contribution in [-0.2, 0) is 35.2 Å². The minimum atomic E-state index is -1.70. The molecule has 0 aliphatic rings. The summed E-state index contributed by atoms with van der Waals surface area (Å²) in [6, 6.07) is -1.05. The number of carboxylic acid groups (broad SMARTS) is 1. The molecule has 11 N–H and O–H groups in total. The first-order valence-electron chi connectivity index (χ1n) is 12.6. The molecule has 1 aromatic rings. The Balaban J connectivity index is 3.20. The van der Waals surface area contributed by atoms with Gasteiger partial charge >= 0.3 is 5.97 Å². The molecule has 0 aromatic heterocycles. The highest BCUT2D eigenvalue weighted by Gasteiger charge is 2.33. The van der Waals surface area contributed by atoms with Crippen LogP contribution in [0.15, 0.2) is 24.3 Å². The van der Waals surface area contributed by atoms with Crippen molar-refractivity contribution in [3.63, 3.8) is 0 Å². The number of nitrogens with one attached hydrogen (secondary N) is 4. The smallest absolute Gasteiger partial charge is 0.328 e. The highest BCUT2D eigenvalue weighted by molar-refractivity contribution is 5.97. The summed E-state index contributed by atoms with van der Waals surface area (Å²) in [4.78, 5) is 74.4. The van der Waals surface area contributed by atoms with Crippen LogP contribution in [0, 0.1) is 0 Å². The van der Waals surface area contributed by atoms with E-state index in [0.29, 0.717) is 12.0 Å². The minimum absolute atomic E-state index is 0.0597. The number of phenols is 1. The highest BCUT2D eigenvalue weighted by atomic mass is 16.4. The van der Waals surface area contributed by atoms with Gasteiger partial charge < -0.3 is 48.1 Å². The van der Waals surface area contributed by atoms with Crippen molar-refractivity contribution in [2.75, 3.05) is 0 Å². The lowest BCUT2D eigenvalue weighted by Gasteiger charge is -2.26. The van der Waals surface area contributed by atoms with E-state index in [1.165, 1.54) is 24.3 Å². The van der Waals surface area contributed by atoms with E-state index < -0.39 is 78.2 Å². The van der Waals surface area contributed by atoms with Gasteiger partial charge in [-0.15, -0.1) is 0 Å². The van der Waals surface area contributed by atoms with Crippen molar-refractivity contribution in [1.82, 2.24) is 21.3 Å². The summed E-state index contributed by atoms with van der Waals surface area (Å²) in [6.07, 6.45) is -1.88. The molecular weight excluding hydrogens is 528 g/mol. The van der Waals surface area contributed by atoms with Gasteiger partial charge in [0.2, 0.25) is 29.5 Å². The van der Waals surface area contributed by atoms with E-state index in [2.05, 4.69) is 21.3 Å². The fourth-order valence-electron chi connectivity index (χ4n) is 3.49. The lowest BCUT2D eigenvalue weighted by molar-refractivity contribution is -0.145. The van der Waals surface area contributed by atoms with Crippen LogP contribution in [0.5, 0.6) is 5.75 Å². The Hall–Kier alpha value is -4.24. The van der Waals surface area contributed by atoms with Gasteiger partial charge in [-0.25, -0.2) is 4.79 Å². The summed E-state index contributed by atoms with van der Waals surface area (Å²) in [5.74, 6) is -5.90. The SMILES string of the molecule is CCC(N)C(=O)NC(CC)C(=O)NC(CC(N)=O)C(=O)NC(Cc1ccc(O)cc1)C(=O)NC(C(=O)O)C(C)O. The zero-order valence-electron chi connectivity index (χ0n) is 22.5. The molecule has 1 rings (SSSR count). The number of phenolic OH excluding ortho intramolecular Hbond substituents is 1. The summed E-state index contributed by atoms with van der Waals surface area (Å²) < 4.78 is 0. The number of rotatable bonds is 16. The van der Waals surface area contributed by atoms with Gasteiger partial charge in [0.15, 0.2) is 6.04 Å². The Morgan fingerprint density at radius 1 is 0.800 bits per heavy atom. The number of aromatic hydroxyl groups is 1. The number of aliphatic hydroxyl groups excluding tert-OH is 1. The van der Waals surface area contributed by atoms with Crippen LogP contribution < -0.4 is 32.7 Å². The van der Waals surface area contributed by atoms with Crippen LogP contribution in [-0.4, -0.2) is 87.1 Å². The Morgan fingerprint density at radius 3 is 1.77 bits per heavy atom. The van der Waals surface area contributed by atoms with Crippen LogP contribution in [0.3, 0.4) is 0 Å². The monoisotopic (exact) mass is 566 g/mol. The van der Waals surface area contributed by atoms with Gasteiger partial charge in [-0.3, -0.25) is 24.0 Å². The lowest BCUT2D eigenvalue weighted by Crippen LogP contribution is -2.60. The van der Waals surface area contributed by atoms with Crippen molar-refractivity contribution < 1.29 is 44.1 Å². The standard InChI is InChI=1S/C25H38N6O9/c1-4-15(26)21(35)28-16(5-2)22(36)30-18(11-19(27)34)23(37)29-17(10-13-6-8-14(33)9-7-13)24(38)31-20(12(3)32)25(39)40/h6-9,12,15-18,20,32-33H,4-5,10-11,26H2,1-3H3,(H2,27,34)(H,28,35)(H,29,37)(H,30,36)(H,31,38)(H,39,40). The van der Waals surface area contributed by atoms with Crippen LogP contribution in [0.4, 0.5) is 0 Å². The van der Waals surface area contributed by atoms with E-state index >= 15 is 0 Å². The number of primary amides is 1. The van der Waals surface area contributed by atoms with E-state index in [9.17, 15) is 44.1 Å². The van der Waals surface area contributed by atoms with Gasteiger partial charge in [-0.2, -0.15) is 0 Å². The van der Waals surface area contributed by atoms with Crippen molar-refractivity contribution in [1.29, 1.82) is 0 Å². The molecule has 0 bridgehead atoms. The molecule has 0 heterocycles. The van der Waals surface area contributed by atoms with Gasteiger partial charge in [0.25, 0.3) is 0 Å². The quantitative estimate of drug-likeness (QED) is 0.100. The zero-order valence-corrected chi connectivity index (χ0v) is 22.5. The molecule has 40 heavy (non-hydrogen) atoms. The Morgan fingerprint density at radius 2 is 1.30 bits per heavy atom. The molecule has 0 saturated carbocycles. The molecule has 0 fully saturated rings. The second kappa shape index (κ2) is 16.0. The Kier molecular flexibility index (Phi) is 13.5. The van der Waals surface area contributed by atoms with Gasteiger partial charge in [-0.1, -0.05) is 26.0 Å². The van der Waals surface area contributed by atoms with Crippen LogP contribution >= 0.6 is 0 Å². The molecule has 222 valence electrons. The number of carboxylic acids is 1. The van der Waals surface area contributed by atoms with Gasteiger partial charge in [0, 0.05) is 6.42 Å². The average Bonchev–Trinajstić information content (AvgIpc) is 2.88. The molecular formula is C25H38N6O9. The maximum atomic E-state index is 13.2. The molecule has 15 heteroatoms. The average molecular weight is 567 g/mol.